The van der Waals surface area contributed by atoms with E-state index in [1.807, 2.05) is 36.4 Å². The van der Waals surface area contributed by atoms with Crippen LogP contribution in [0.3, 0.4) is 0 Å². The summed E-state index contributed by atoms with van der Waals surface area (Å²) >= 11 is 0. The zero-order valence-electron chi connectivity index (χ0n) is 9.82. The van der Waals surface area contributed by atoms with E-state index in [9.17, 15) is 5.11 Å². The largest absolute Gasteiger partial charge is 0.371 e. The van der Waals surface area contributed by atoms with Gasteiger partial charge in [-0.25, -0.2) is 0 Å². The van der Waals surface area contributed by atoms with Gasteiger partial charge < -0.3 is 5.11 Å². The van der Waals surface area contributed by atoms with Crippen LogP contribution in [0.4, 0.5) is 0 Å². The van der Waals surface area contributed by atoms with E-state index in [1.54, 1.807) is 0 Å². The first-order valence-electron chi connectivity index (χ1n) is 5.92. The molecule has 0 bridgehead atoms. The second-order valence-corrected chi connectivity index (χ2v) is 4.15. The highest BCUT2D eigenvalue weighted by molar-refractivity contribution is 5.28. The van der Waals surface area contributed by atoms with E-state index in [0.717, 1.165) is 25.7 Å². The monoisotopic (exact) mass is 217 g/mol. The molecular weight excluding hydrogens is 198 g/mol. The maximum absolute atomic E-state index is 10.2. The molecule has 0 unspecified atom stereocenters. The van der Waals surface area contributed by atoms with Crippen LogP contribution in [-0.4, -0.2) is 5.11 Å². The summed E-state index contributed by atoms with van der Waals surface area (Å²) in [6.07, 6.45) is 4.82. The Balaban J connectivity index is 2.61. The van der Waals surface area contributed by atoms with Crippen LogP contribution in [0, 0.1) is 11.3 Å². The molecule has 1 rings (SSSR count). The molecule has 0 saturated heterocycles. The zero-order chi connectivity index (χ0) is 11.9. The van der Waals surface area contributed by atoms with Crippen molar-refractivity contribution in [2.75, 3.05) is 0 Å². The van der Waals surface area contributed by atoms with Gasteiger partial charge in [-0.1, -0.05) is 56.5 Å². The Morgan fingerprint density at radius 2 is 1.88 bits per heavy atom. The highest BCUT2D eigenvalue weighted by Gasteiger charge is 2.27. The highest BCUT2D eigenvalue weighted by atomic mass is 16.3. The van der Waals surface area contributed by atoms with Crippen molar-refractivity contribution >= 4 is 0 Å². The Labute approximate surface area is 97.5 Å². The van der Waals surface area contributed by atoms with E-state index in [2.05, 4.69) is 6.92 Å². The van der Waals surface area contributed by atoms with Gasteiger partial charge in [-0.3, -0.25) is 0 Å². The molecule has 1 N–H and O–H groups in total. The molecular formula is C14H19NO. The molecule has 0 aromatic heterocycles. The third kappa shape index (κ3) is 3.36. The van der Waals surface area contributed by atoms with Crippen LogP contribution in [0.5, 0.6) is 0 Å². The summed E-state index contributed by atoms with van der Waals surface area (Å²) < 4.78 is 0. The smallest absolute Gasteiger partial charge is 0.176 e. The summed E-state index contributed by atoms with van der Waals surface area (Å²) in [6.45, 7) is 2.15. The predicted molar refractivity (Wildman–Crippen MR) is 64.7 cm³/mol. The van der Waals surface area contributed by atoms with Gasteiger partial charge in [0.1, 0.15) is 6.07 Å². The third-order valence-electron chi connectivity index (χ3n) is 2.83. The van der Waals surface area contributed by atoms with E-state index < -0.39 is 5.60 Å². The second kappa shape index (κ2) is 6.30. The fraction of sp³-hybridized carbons (Fsp3) is 0.500. The summed E-state index contributed by atoms with van der Waals surface area (Å²) in [7, 11) is 0. The first kappa shape index (κ1) is 12.7. The summed E-state index contributed by atoms with van der Waals surface area (Å²) in [4.78, 5) is 0. The number of nitriles is 1. The van der Waals surface area contributed by atoms with Crippen molar-refractivity contribution in [1.29, 1.82) is 5.26 Å². The van der Waals surface area contributed by atoms with E-state index in [0.29, 0.717) is 12.0 Å². The molecule has 0 saturated carbocycles. The standard InChI is InChI=1S/C14H19NO/c1-2-3-4-8-11-14(16,12-15)13-9-6-5-7-10-13/h5-7,9-10,16H,2-4,8,11H2,1H3/t14-/m1/s1. The predicted octanol–water partition coefficient (Wildman–Crippen LogP) is 3.37. The maximum Gasteiger partial charge on any atom is 0.176 e. The Bertz CT molecular complexity index is 342. The molecule has 2 heteroatoms. The molecule has 0 radical (unpaired) electrons. The molecule has 1 aromatic carbocycles. The lowest BCUT2D eigenvalue weighted by atomic mass is 9.89. The molecule has 0 aliphatic carbocycles. The van der Waals surface area contributed by atoms with Crippen molar-refractivity contribution < 1.29 is 5.11 Å². The SMILES string of the molecule is CCCCCC[C@@](O)(C#N)c1ccccc1. The number of benzene rings is 1. The molecule has 0 aliphatic rings. The van der Waals surface area contributed by atoms with Crippen LogP contribution in [0.25, 0.3) is 0 Å². The van der Waals surface area contributed by atoms with Gasteiger partial charge >= 0.3 is 0 Å². The molecule has 2 nitrogen and oxygen atoms in total. The van der Waals surface area contributed by atoms with Crippen molar-refractivity contribution in [1.82, 2.24) is 0 Å². The molecule has 16 heavy (non-hydrogen) atoms. The fourth-order valence-electron chi connectivity index (χ4n) is 1.79. The number of aliphatic hydroxyl groups is 1. The summed E-state index contributed by atoms with van der Waals surface area (Å²) in [5.74, 6) is 0. The molecule has 0 spiro atoms. The van der Waals surface area contributed by atoms with Gasteiger partial charge in [0.2, 0.25) is 0 Å². The van der Waals surface area contributed by atoms with Gasteiger partial charge in [-0.05, 0) is 18.4 Å². The van der Waals surface area contributed by atoms with Gasteiger partial charge in [0.25, 0.3) is 0 Å². The Hall–Kier alpha value is -1.33. The second-order valence-electron chi connectivity index (χ2n) is 4.15. The third-order valence-corrected chi connectivity index (χ3v) is 2.83. The van der Waals surface area contributed by atoms with Crippen molar-refractivity contribution in [3.05, 3.63) is 35.9 Å². The molecule has 0 fully saturated rings. The zero-order valence-corrected chi connectivity index (χ0v) is 9.82. The first-order chi connectivity index (χ1) is 7.73. The maximum atomic E-state index is 10.2. The number of hydrogen-bond donors (Lipinski definition) is 1. The molecule has 0 amide bonds. The van der Waals surface area contributed by atoms with Crippen LogP contribution in [0.1, 0.15) is 44.6 Å². The Kier molecular flexibility index (Phi) is 5.01. The fourth-order valence-corrected chi connectivity index (χ4v) is 1.79. The topological polar surface area (TPSA) is 44.0 Å². The van der Waals surface area contributed by atoms with Crippen LogP contribution >= 0.6 is 0 Å². The van der Waals surface area contributed by atoms with Crippen molar-refractivity contribution in [2.45, 2.75) is 44.6 Å². The molecule has 0 heterocycles. The Morgan fingerprint density at radius 1 is 1.19 bits per heavy atom. The van der Waals surface area contributed by atoms with Crippen molar-refractivity contribution in [3.63, 3.8) is 0 Å². The van der Waals surface area contributed by atoms with Crippen LogP contribution in [0.15, 0.2) is 30.3 Å². The van der Waals surface area contributed by atoms with Crippen LogP contribution in [0.2, 0.25) is 0 Å². The van der Waals surface area contributed by atoms with Gasteiger partial charge in [0, 0.05) is 0 Å². The van der Waals surface area contributed by atoms with Gasteiger partial charge in [-0.15, -0.1) is 0 Å². The molecule has 1 aromatic rings. The lowest BCUT2D eigenvalue weighted by Gasteiger charge is -2.20. The van der Waals surface area contributed by atoms with Crippen LogP contribution in [-0.2, 0) is 5.60 Å². The molecule has 86 valence electrons. The quantitative estimate of drug-likeness (QED) is 0.586. The minimum atomic E-state index is -1.31. The Morgan fingerprint density at radius 3 is 2.44 bits per heavy atom. The van der Waals surface area contributed by atoms with Gasteiger partial charge in [0.05, 0.1) is 0 Å². The average molecular weight is 217 g/mol. The minimum absolute atomic E-state index is 0.521. The van der Waals surface area contributed by atoms with Gasteiger partial charge in [-0.2, -0.15) is 5.26 Å². The summed E-state index contributed by atoms with van der Waals surface area (Å²) in [5.41, 5.74) is -0.608. The van der Waals surface area contributed by atoms with Crippen molar-refractivity contribution in [2.24, 2.45) is 0 Å². The number of rotatable bonds is 6. The van der Waals surface area contributed by atoms with E-state index in [4.69, 9.17) is 5.26 Å². The average Bonchev–Trinajstić information content (AvgIpc) is 2.35. The summed E-state index contributed by atoms with van der Waals surface area (Å²) in [5, 5.41) is 19.3. The number of unbranched alkanes of at least 4 members (excludes halogenated alkanes) is 3. The number of nitrogens with zero attached hydrogens (tertiary/aromatic N) is 1. The van der Waals surface area contributed by atoms with E-state index in [1.165, 1.54) is 0 Å². The molecule has 0 aliphatic heterocycles. The van der Waals surface area contributed by atoms with E-state index >= 15 is 0 Å². The van der Waals surface area contributed by atoms with E-state index in [-0.39, 0.29) is 0 Å². The lowest BCUT2D eigenvalue weighted by molar-refractivity contribution is 0.0846. The minimum Gasteiger partial charge on any atom is -0.371 e. The van der Waals surface area contributed by atoms with Crippen molar-refractivity contribution in [3.8, 4) is 6.07 Å². The summed E-state index contributed by atoms with van der Waals surface area (Å²) in [6, 6.07) is 11.2. The van der Waals surface area contributed by atoms with Crippen LogP contribution < -0.4 is 0 Å². The van der Waals surface area contributed by atoms with Gasteiger partial charge in [0.15, 0.2) is 5.60 Å². The number of hydrogen-bond acceptors (Lipinski definition) is 2. The molecule has 1 atom stereocenters. The lowest BCUT2D eigenvalue weighted by Crippen LogP contribution is -2.23. The highest BCUT2D eigenvalue weighted by Crippen LogP contribution is 2.26. The first-order valence-corrected chi connectivity index (χ1v) is 5.92. The normalized spacial score (nSPS) is 14.1.